The van der Waals surface area contributed by atoms with Gasteiger partial charge in [-0.2, -0.15) is 0 Å². The van der Waals surface area contributed by atoms with Crippen LogP contribution in [0.3, 0.4) is 0 Å². The van der Waals surface area contributed by atoms with Gasteiger partial charge in [0, 0.05) is 12.7 Å². The zero-order valence-electron chi connectivity index (χ0n) is 9.59. The van der Waals surface area contributed by atoms with Crippen LogP contribution in [0.5, 0.6) is 0 Å². The number of para-hydroxylation sites is 1. The molecule has 0 heterocycles. The number of allylic oxidation sites excluding steroid dienone is 1. The van der Waals surface area contributed by atoms with E-state index in [0.717, 1.165) is 5.92 Å². The van der Waals surface area contributed by atoms with Crippen LogP contribution in [0.1, 0.15) is 31.7 Å². The third kappa shape index (κ3) is 2.85. The maximum absolute atomic E-state index is 3.23. The minimum Gasteiger partial charge on any atom is -0.388 e. The van der Waals surface area contributed by atoms with E-state index in [4.69, 9.17) is 0 Å². The Hall–Kier alpha value is -1.24. The van der Waals surface area contributed by atoms with Crippen LogP contribution in [0.4, 0.5) is 5.69 Å². The number of hydrogen-bond donors (Lipinski definition) is 1. The van der Waals surface area contributed by atoms with Crippen molar-refractivity contribution in [3.63, 3.8) is 0 Å². The summed E-state index contributed by atoms with van der Waals surface area (Å²) in [6.07, 6.45) is 6.44. The molecule has 1 N–H and O–H groups in total. The lowest BCUT2D eigenvalue weighted by atomic mass is 10.1. The number of anilines is 1. The zero-order chi connectivity index (χ0) is 10.7. The molecule has 0 aromatic heterocycles. The molecule has 1 saturated carbocycles. The highest BCUT2D eigenvalue weighted by Crippen LogP contribution is 2.35. The molecule has 15 heavy (non-hydrogen) atoms. The summed E-state index contributed by atoms with van der Waals surface area (Å²) in [5.41, 5.74) is 4.02. The fraction of sp³-hybridized carbons (Fsp3) is 0.429. The predicted octanol–water partition coefficient (Wildman–Crippen LogP) is 3.93. The zero-order valence-corrected chi connectivity index (χ0v) is 9.59. The minimum absolute atomic E-state index is 0.975. The standard InChI is InChI=1S/C14H19N/c1-11(9-12-7-8-12)10-13-5-3-4-6-14(13)15-2/h3-6,10,12,15H,7-9H2,1-2H3/b11-10-. The Morgan fingerprint density at radius 1 is 1.40 bits per heavy atom. The maximum atomic E-state index is 3.23. The second-order valence-electron chi connectivity index (χ2n) is 4.48. The van der Waals surface area contributed by atoms with E-state index in [9.17, 15) is 0 Å². The van der Waals surface area contributed by atoms with E-state index in [-0.39, 0.29) is 0 Å². The Bertz CT molecular complexity index is 361. The van der Waals surface area contributed by atoms with Crippen molar-refractivity contribution >= 4 is 11.8 Å². The van der Waals surface area contributed by atoms with Gasteiger partial charge < -0.3 is 5.32 Å². The van der Waals surface area contributed by atoms with E-state index < -0.39 is 0 Å². The molecule has 80 valence electrons. The second-order valence-corrected chi connectivity index (χ2v) is 4.48. The Kier molecular flexibility index (Phi) is 3.10. The molecular weight excluding hydrogens is 182 g/mol. The number of nitrogens with one attached hydrogen (secondary N) is 1. The van der Waals surface area contributed by atoms with Gasteiger partial charge in [0.25, 0.3) is 0 Å². The van der Waals surface area contributed by atoms with Crippen LogP contribution in [-0.2, 0) is 0 Å². The van der Waals surface area contributed by atoms with Gasteiger partial charge in [-0.15, -0.1) is 0 Å². The van der Waals surface area contributed by atoms with Crippen LogP contribution >= 0.6 is 0 Å². The summed E-state index contributed by atoms with van der Waals surface area (Å²) in [5, 5.41) is 3.23. The lowest BCUT2D eigenvalue weighted by Gasteiger charge is -2.06. The Morgan fingerprint density at radius 2 is 2.13 bits per heavy atom. The van der Waals surface area contributed by atoms with Crippen molar-refractivity contribution in [2.45, 2.75) is 26.2 Å². The van der Waals surface area contributed by atoms with Crippen LogP contribution in [0.25, 0.3) is 6.08 Å². The van der Waals surface area contributed by atoms with Crippen molar-refractivity contribution in [3.05, 3.63) is 35.4 Å². The van der Waals surface area contributed by atoms with Gasteiger partial charge in [-0.3, -0.25) is 0 Å². The van der Waals surface area contributed by atoms with E-state index in [1.54, 1.807) is 0 Å². The summed E-state index contributed by atoms with van der Waals surface area (Å²) in [6.45, 7) is 2.24. The summed E-state index contributed by atoms with van der Waals surface area (Å²) in [7, 11) is 1.98. The molecule has 1 aromatic rings. The van der Waals surface area contributed by atoms with Gasteiger partial charge in [0.05, 0.1) is 0 Å². The van der Waals surface area contributed by atoms with Crippen LogP contribution < -0.4 is 5.32 Å². The molecule has 1 aliphatic carbocycles. The van der Waals surface area contributed by atoms with E-state index in [1.165, 1.54) is 36.1 Å². The first-order valence-electron chi connectivity index (χ1n) is 5.73. The molecule has 1 aliphatic rings. The number of benzene rings is 1. The van der Waals surface area contributed by atoms with Gasteiger partial charge >= 0.3 is 0 Å². The molecule has 2 rings (SSSR count). The molecule has 0 spiro atoms. The highest BCUT2D eigenvalue weighted by molar-refractivity contribution is 5.67. The van der Waals surface area contributed by atoms with Crippen molar-refractivity contribution in [3.8, 4) is 0 Å². The predicted molar refractivity (Wildman–Crippen MR) is 67.0 cm³/mol. The largest absolute Gasteiger partial charge is 0.388 e. The molecule has 1 aromatic carbocycles. The summed E-state index contributed by atoms with van der Waals surface area (Å²) in [5.74, 6) is 0.975. The highest BCUT2D eigenvalue weighted by Gasteiger charge is 2.21. The lowest BCUT2D eigenvalue weighted by molar-refractivity contribution is 0.825. The Balaban J connectivity index is 2.13. The first-order valence-corrected chi connectivity index (χ1v) is 5.73. The molecule has 0 aliphatic heterocycles. The fourth-order valence-corrected chi connectivity index (χ4v) is 1.95. The molecule has 1 fully saturated rings. The number of rotatable bonds is 4. The lowest BCUT2D eigenvalue weighted by Crippen LogP contribution is -1.91. The molecule has 0 radical (unpaired) electrons. The average Bonchev–Trinajstić information content (AvgIpc) is 3.02. The first-order chi connectivity index (χ1) is 7.29. The second kappa shape index (κ2) is 4.52. The molecule has 0 atom stereocenters. The van der Waals surface area contributed by atoms with Crippen molar-refractivity contribution in [2.75, 3.05) is 12.4 Å². The first kappa shape index (κ1) is 10.3. The summed E-state index contributed by atoms with van der Waals surface area (Å²) < 4.78 is 0. The molecule has 1 nitrogen and oxygen atoms in total. The van der Waals surface area contributed by atoms with Crippen LogP contribution in [0, 0.1) is 5.92 Å². The molecule has 1 heteroatoms. The Labute approximate surface area is 92.2 Å². The SMILES string of the molecule is CNc1ccccc1/C=C(/C)CC1CC1. The highest BCUT2D eigenvalue weighted by atomic mass is 14.8. The normalized spacial score (nSPS) is 16.5. The molecule has 0 bridgehead atoms. The summed E-state index contributed by atoms with van der Waals surface area (Å²) in [6, 6.07) is 8.45. The van der Waals surface area contributed by atoms with E-state index in [2.05, 4.69) is 42.6 Å². The molecular formula is C14H19N. The van der Waals surface area contributed by atoms with E-state index >= 15 is 0 Å². The fourth-order valence-electron chi connectivity index (χ4n) is 1.95. The smallest absolute Gasteiger partial charge is 0.0411 e. The molecule has 0 unspecified atom stereocenters. The van der Waals surface area contributed by atoms with Crippen molar-refractivity contribution < 1.29 is 0 Å². The quantitative estimate of drug-likeness (QED) is 0.778. The third-order valence-electron chi connectivity index (χ3n) is 2.94. The van der Waals surface area contributed by atoms with Crippen molar-refractivity contribution in [1.82, 2.24) is 0 Å². The van der Waals surface area contributed by atoms with Gasteiger partial charge in [0.1, 0.15) is 0 Å². The molecule has 0 saturated heterocycles. The minimum atomic E-state index is 0.975. The number of hydrogen-bond acceptors (Lipinski definition) is 1. The summed E-state index contributed by atoms with van der Waals surface area (Å²) >= 11 is 0. The van der Waals surface area contributed by atoms with E-state index in [1.807, 2.05) is 7.05 Å². The van der Waals surface area contributed by atoms with Crippen LogP contribution in [0.15, 0.2) is 29.8 Å². The van der Waals surface area contributed by atoms with Gasteiger partial charge in [-0.25, -0.2) is 0 Å². The maximum Gasteiger partial charge on any atom is 0.0411 e. The van der Waals surface area contributed by atoms with Gasteiger partial charge in [0.15, 0.2) is 0 Å². The third-order valence-corrected chi connectivity index (χ3v) is 2.94. The van der Waals surface area contributed by atoms with Gasteiger partial charge in [0.2, 0.25) is 0 Å². The monoisotopic (exact) mass is 201 g/mol. The summed E-state index contributed by atoms with van der Waals surface area (Å²) in [4.78, 5) is 0. The van der Waals surface area contributed by atoms with Gasteiger partial charge in [-0.1, -0.05) is 29.8 Å². The Morgan fingerprint density at radius 3 is 2.80 bits per heavy atom. The average molecular weight is 201 g/mol. The van der Waals surface area contributed by atoms with Gasteiger partial charge in [-0.05, 0) is 43.7 Å². The molecule has 0 amide bonds. The topological polar surface area (TPSA) is 12.0 Å². The van der Waals surface area contributed by atoms with Crippen molar-refractivity contribution in [2.24, 2.45) is 5.92 Å². The van der Waals surface area contributed by atoms with Crippen LogP contribution in [0.2, 0.25) is 0 Å². The van der Waals surface area contributed by atoms with Crippen molar-refractivity contribution in [1.29, 1.82) is 0 Å². The van der Waals surface area contributed by atoms with Crippen LogP contribution in [-0.4, -0.2) is 7.05 Å². The van der Waals surface area contributed by atoms with E-state index in [0.29, 0.717) is 0 Å².